The molecule has 1 aliphatic heterocycles. The summed E-state index contributed by atoms with van der Waals surface area (Å²) in [5.74, 6) is 0.570. The number of halogens is 3. The van der Waals surface area contributed by atoms with Crippen LogP contribution in [-0.4, -0.2) is 32.1 Å². The molecule has 142 valence electrons. The molecule has 2 atom stereocenters. The fourth-order valence-corrected chi connectivity index (χ4v) is 2.77. The van der Waals surface area contributed by atoms with E-state index in [4.69, 9.17) is 14.2 Å². The first-order chi connectivity index (χ1) is 12.0. The summed E-state index contributed by atoms with van der Waals surface area (Å²) >= 11 is 0. The molecule has 0 spiro atoms. The van der Waals surface area contributed by atoms with Gasteiger partial charge in [-0.3, -0.25) is 0 Å². The van der Waals surface area contributed by atoms with Gasteiger partial charge in [0.15, 0.2) is 0 Å². The molecular formula is C19H27F3O3. The molecule has 3 nitrogen and oxygen atoms in total. The fourth-order valence-electron chi connectivity index (χ4n) is 2.77. The van der Waals surface area contributed by atoms with Crippen LogP contribution in [-0.2, 0) is 9.47 Å². The molecule has 1 saturated heterocycles. The van der Waals surface area contributed by atoms with Crippen LogP contribution in [0.3, 0.4) is 0 Å². The van der Waals surface area contributed by atoms with Gasteiger partial charge in [-0.2, -0.15) is 13.2 Å². The molecule has 0 unspecified atom stereocenters. The Bertz CT molecular complexity index is 480. The largest absolute Gasteiger partial charge is 0.494 e. The van der Waals surface area contributed by atoms with Crippen LogP contribution in [0.25, 0.3) is 0 Å². The average molecular weight is 360 g/mol. The number of hydrogen-bond donors (Lipinski definition) is 0. The third-order valence-electron chi connectivity index (χ3n) is 4.22. The Labute approximate surface area is 147 Å². The lowest BCUT2D eigenvalue weighted by atomic mass is 10.1. The number of unbranched alkanes of at least 4 members (excludes halogenated alkanes) is 2. The molecule has 0 aromatic heterocycles. The van der Waals surface area contributed by atoms with Crippen LogP contribution in [0, 0.1) is 0 Å². The normalized spacial score (nSPS) is 21.3. The van der Waals surface area contributed by atoms with Crippen LogP contribution in [0.2, 0.25) is 0 Å². The molecule has 1 heterocycles. The lowest BCUT2D eigenvalue weighted by molar-refractivity contribution is -0.137. The Morgan fingerprint density at radius 1 is 1.04 bits per heavy atom. The van der Waals surface area contributed by atoms with Crippen LogP contribution in [0.1, 0.15) is 57.1 Å². The summed E-state index contributed by atoms with van der Waals surface area (Å²) in [6, 6.07) is 7.29. The van der Waals surface area contributed by atoms with Crippen LogP contribution in [0.15, 0.2) is 24.3 Å². The van der Waals surface area contributed by atoms with Crippen molar-refractivity contribution < 1.29 is 27.4 Å². The van der Waals surface area contributed by atoms with Crippen molar-refractivity contribution in [3.8, 4) is 5.75 Å². The molecular weight excluding hydrogens is 333 g/mol. The Balaban J connectivity index is 1.70. The lowest BCUT2D eigenvalue weighted by Crippen LogP contribution is -2.31. The first kappa shape index (κ1) is 20.0. The van der Waals surface area contributed by atoms with Gasteiger partial charge < -0.3 is 14.2 Å². The van der Waals surface area contributed by atoms with Gasteiger partial charge in [0.05, 0.1) is 25.9 Å². The van der Waals surface area contributed by atoms with E-state index in [0.717, 1.165) is 18.4 Å². The Morgan fingerprint density at radius 3 is 2.40 bits per heavy atom. The van der Waals surface area contributed by atoms with Crippen molar-refractivity contribution in [2.45, 2.75) is 63.8 Å². The third-order valence-corrected chi connectivity index (χ3v) is 4.22. The van der Waals surface area contributed by atoms with Gasteiger partial charge in [0.1, 0.15) is 11.9 Å². The fraction of sp³-hybridized carbons (Fsp3) is 0.684. The smallest absolute Gasteiger partial charge is 0.389 e. The maximum Gasteiger partial charge on any atom is 0.389 e. The first-order valence-electron chi connectivity index (χ1n) is 9.00. The molecule has 0 bridgehead atoms. The van der Waals surface area contributed by atoms with Gasteiger partial charge in [0.25, 0.3) is 0 Å². The Kier molecular flexibility index (Phi) is 8.03. The number of benzene rings is 1. The van der Waals surface area contributed by atoms with Gasteiger partial charge in [-0.25, -0.2) is 0 Å². The maximum atomic E-state index is 12.1. The SMILES string of the molecule is CCCCC[C@@H]1CO[C@@H](c2ccc(OCCCC(F)(F)F)cc2)CO1. The highest BCUT2D eigenvalue weighted by molar-refractivity contribution is 5.28. The Morgan fingerprint density at radius 2 is 1.80 bits per heavy atom. The van der Waals surface area contributed by atoms with E-state index in [1.807, 2.05) is 12.1 Å². The van der Waals surface area contributed by atoms with Gasteiger partial charge in [-0.15, -0.1) is 0 Å². The van der Waals surface area contributed by atoms with E-state index in [1.54, 1.807) is 12.1 Å². The van der Waals surface area contributed by atoms with Crippen LogP contribution >= 0.6 is 0 Å². The molecule has 0 radical (unpaired) electrons. The zero-order chi connectivity index (χ0) is 18.1. The summed E-state index contributed by atoms with van der Waals surface area (Å²) < 4.78 is 53.3. The molecule has 0 amide bonds. The number of hydrogen-bond acceptors (Lipinski definition) is 3. The molecule has 0 aliphatic carbocycles. The summed E-state index contributed by atoms with van der Waals surface area (Å²) in [6.45, 7) is 3.37. The predicted octanol–water partition coefficient (Wildman–Crippen LogP) is 5.44. The third kappa shape index (κ3) is 7.65. The highest BCUT2D eigenvalue weighted by atomic mass is 19.4. The number of rotatable bonds is 9. The van der Waals surface area contributed by atoms with E-state index in [2.05, 4.69) is 6.92 Å². The molecule has 6 heteroatoms. The Hall–Kier alpha value is -1.27. The molecule has 1 aromatic rings. The zero-order valence-electron chi connectivity index (χ0n) is 14.7. The molecule has 0 saturated carbocycles. The van der Waals surface area contributed by atoms with Gasteiger partial charge in [0, 0.05) is 6.42 Å². The lowest BCUT2D eigenvalue weighted by Gasteiger charge is -2.30. The van der Waals surface area contributed by atoms with Gasteiger partial charge >= 0.3 is 6.18 Å². The molecule has 2 rings (SSSR count). The van der Waals surface area contributed by atoms with Crippen LogP contribution in [0.4, 0.5) is 13.2 Å². The number of alkyl halides is 3. The summed E-state index contributed by atoms with van der Waals surface area (Å²) in [6.07, 6.45) is -0.294. The summed E-state index contributed by atoms with van der Waals surface area (Å²) in [5, 5.41) is 0. The zero-order valence-corrected chi connectivity index (χ0v) is 14.7. The summed E-state index contributed by atoms with van der Waals surface area (Å²) in [4.78, 5) is 0. The predicted molar refractivity (Wildman–Crippen MR) is 89.8 cm³/mol. The minimum Gasteiger partial charge on any atom is -0.494 e. The van der Waals surface area contributed by atoms with E-state index in [1.165, 1.54) is 12.8 Å². The summed E-state index contributed by atoms with van der Waals surface area (Å²) in [5.41, 5.74) is 0.995. The second-order valence-electron chi connectivity index (χ2n) is 6.41. The van der Waals surface area contributed by atoms with Crippen molar-refractivity contribution in [2.24, 2.45) is 0 Å². The topological polar surface area (TPSA) is 27.7 Å². The summed E-state index contributed by atoms with van der Waals surface area (Å²) in [7, 11) is 0. The molecule has 1 aromatic carbocycles. The minimum absolute atomic E-state index is 0.0375. The average Bonchev–Trinajstić information content (AvgIpc) is 2.59. The molecule has 25 heavy (non-hydrogen) atoms. The van der Waals surface area contributed by atoms with Crippen LogP contribution < -0.4 is 4.74 Å². The van der Waals surface area contributed by atoms with Crippen molar-refractivity contribution in [2.75, 3.05) is 19.8 Å². The molecule has 1 fully saturated rings. The van der Waals surface area contributed by atoms with E-state index in [0.29, 0.717) is 19.0 Å². The van der Waals surface area contributed by atoms with Gasteiger partial charge in [-0.1, -0.05) is 38.3 Å². The molecule has 0 N–H and O–H groups in total. The van der Waals surface area contributed by atoms with Crippen molar-refractivity contribution in [1.29, 1.82) is 0 Å². The minimum atomic E-state index is -4.13. The van der Waals surface area contributed by atoms with E-state index < -0.39 is 12.6 Å². The van der Waals surface area contributed by atoms with E-state index in [9.17, 15) is 13.2 Å². The van der Waals surface area contributed by atoms with Crippen LogP contribution in [0.5, 0.6) is 5.75 Å². The van der Waals surface area contributed by atoms with Crippen molar-refractivity contribution in [3.63, 3.8) is 0 Å². The van der Waals surface area contributed by atoms with Gasteiger partial charge in [0.2, 0.25) is 0 Å². The second-order valence-corrected chi connectivity index (χ2v) is 6.41. The molecule has 1 aliphatic rings. The number of ether oxygens (including phenoxy) is 3. The maximum absolute atomic E-state index is 12.1. The van der Waals surface area contributed by atoms with Crippen molar-refractivity contribution in [1.82, 2.24) is 0 Å². The monoisotopic (exact) mass is 360 g/mol. The van der Waals surface area contributed by atoms with E-state index >= 15 is 0 Å². The standard InChI is InChI=1S/C19H27F3O3/c1-2-3-4-6-17-13-25-18(14-24-17)15-7-9-16(10-8-15)23-12-5-11-19(20,21)22/h7-10,17-18H,2-6,11-14H2,1H3/t17-,18-/m1/s1. The van der Waals surface area contributed by atoms with Gasteiger partial charge in [-0.05, 0) is 30.5 Å². The first-order valence-corrected chi connectivity index (χ1v) is 9.00. The van der Waals surface area contributed by atoms with E-state index in [-0.39, 0.29) is 25.2 Å². The van der Waals surface area contributed by atoms with Crippen molar-refractivity contribution in [3.05, 3.63) is 29.8 Å². The van der Waals surface area contributed by atoms with Crippen molar-refractivity contribution >= 4 is 0 Å². The quantitative estimate of drug-likeness (QED) is 0.549. The second kappa shape index (κ2) is 10.0. The highest BCUT2D eigenvalue weighted by Gasteiger charge is 2.26. The highest BCUT2D eigenvalue weighted by Crippen LogP contribution is 2.26.